The number of hydrogen-bond donors (Lipinski definition) is 0. The first-order chi connectivity index (χ1) is 8.91. The third-order valence-corrected chi connectivity index (χ3v) is 3.17. The van der Waals surface area contributed by atoms with E-state index in [2.05, 4.69) is 6.58 Å². The van der Waals surface area contributed by atoms with E-state index in [1.54, 1.807) is 6.07 Å². The highest BCUT2D eigenvalue weighted by Crippen LogP contribution is 2.27. The number of carbonyl (C=O) groups is 1. The highest BCUT2D eigenvalue weighted by Gasteiger charge is 2.40. The minimum Gasteiger partial charge on any atom is -0.336 e. The summed E-state index contributed by atoms with van der Waals surface area (Å²) in [5.74, 6) is -3.81. The summed E-state index contributed by atoms with van der Waals surface area (Å²) in [6.45, 7) is 3.01. The molecule has 0 bridgehead atoms. The van der Waals surface area contributed by atoms with Crippen LogP contribution in [0.5, 0.6) is 0 Å². The zero-order valence-corrected chi connectivity index (χ0v) is 10.3. The Labute approximate surface area is 109 Å². The molecule has 19 heavy (non-hydrogen) atoms. The van der Waals surface area contributed by atoms with Crippen LogP contribution in [0.3, 0.4) is 0 Å². The lowest BCUT2D eigenvalue weighted by Gasteiger charge is -2.16. The van der Waals surface area contributed by atoms with Gasteiger partial charge in [0.2, 0.25) is 5.91 Å². The number of likely N-dealkylation sites (tertiary alicyclic amines) is 1. The summed E-state index contributed by atoms with van der Waals surface area (Å²) in [6, 6.07) is 4.30. The Kier molecular flexibility index (Phi) is 3.64. The van der Waals surface area contributed by atoms with Crippen molar-refractivity contribution in [3.8, 4) is 0 Å². The van der Waals surface area contributed by atoms with E-state index in [1.165, 1.54) is 18.2 Å². The fourth-order valence-electron chi connectivity index (χ4n) is 2.08. The Balaban J connectivity index is 2.09. The van der Waals surface area contributed by atoms with Crippen molar-refractivity contribution < 1.29 is 18.0 Å². The van der Waals surface area contributed by atoms with E-state index >= 15 is 0 Å². The predicted octanol–water partition coefficient (Wildman–Crippen LogP) is 2.88. The van der Waals surface area contributed by atoms with Gasteiger partial charge in [0.15, 0.2) is 0 Å². The molecule has 0 spiro atoms. The van der Waals surface area contributed by atoms with Gasteiger partial charge in [0.25, 0.3) is 5.92 Å². The van der Waals surface area contributed by atoms with Gasteiger partial charge in [0, 0.05) is 13.0 Å². The highest BCUT2D eigenvalue weighted by molar-refractivity contribution is 5.79. The molecular weight excluding hydrogens is 255 g/mol. The lowest BCUT2D eigenvalue weighted by atomic mass is 10.1. The number of hydrogen-bond acceptors (Lipinski definition) is 1. The van der Waals surface area contributed by atoms with Gasteiger partial charge in [-0.25, -0.2) is 13.2 Å². The lowest BCUT2D eigenvalue weighted by molar-refractivity contribution is -0.130. The molecule has 0 aliphatic carbocycles. The third kappa shape index (κ3) is 3.16. The normalized spacial score (nSPS) is 17.5. The van der Waals surface area contributed by atoms with Crippen molar-refractivity contribution in [2.45, 2.75) is 18.8 Å². The molecule has 2 rings (SSSR count). The first kappa shape index (κ1) is 13.6. The third-order valence-electron chi connectivity index (χ3n) is 3.17. The summed E-state index contributed by atoms with van der Waals surface area (Å²) in [6.07, 6.45) is 1.01. The van der Waals surface area contributed by atoms with E-state index in [-0.39, 0.29) is 24.9 Å². The fourth-order valence-corrected chi connectivity index (χ4v) is 2.08. The maximum Gasteiger partial charge on any atom is 0.267 e. The van der Waals surface area contributed by atoms with Gasteiger partial charge >= 0.3 is 0 Å². The summed E-state index contributed by atoms with van der Waals surface area (Å²) in [5.41, 5.74) is 0.897. The van der Waals surface area contributed by atoms with E-state index in [4.69, 9.17) is 0 Å². The zero-order chi connectivity index (χ0) is 14.0. The molecule has 1 saturated heterocycles. The first-order valence-corrected chi connectivity index (χ1v) is 5.98. The quantitative estimate of drug-likeness (QED) is 0.826. The summed E-state index contributed by atoms with van der Waals surface area (Å²) in [4.78, 5) is 12.9. The first-order valence-electron chi connectivity index (χ1n) is 5.98. The van der Waals surface area contributed by atoms with Gasteiger partial charge in [-0.2, -0.15) is 0 Å². The van der Waals surface area contributed by atoms with Crippen LogP contribution in [0.25, 0.3) is 6.08 Å². The SMILES string of the molecule is C=Cc1ccc(F)c(CC(=O)N2CCC(F)(F)C2)c1. The maximum atomic E-state index is 13.6. The Morgan fingerprint density at radius 3 is 2.79 bits per heavy atom. The van der Waals surface area contributed by atoms with Gasteiger partial charge < -0.3 is 4.90 Å². The number of benzene rings is 1. The monoisotopic (exact) mass is 269 g/mol. The predicted molar refractivity (Wildman–Crippen MR) is 66.3 cm³/mol. The standard InChI is InChI=1S/C14H14F3NO/c1-2-10-3-4-12(15)11(7-10)8-13(19)18-6-5-14(16,17)9-18/h2-4,7H,1,5-6,8-9H2. The van der Waals surface area contributed by atoms with Crippen LogP contribution in [-0.2, 0) is 11.2 Å². The molecule has 0 unspecified atom stereocenters. The molecule has 2 nitrogen and oxygen atoms in total. The molecule has 1 heterocycles. The Morgan fingerprint density at radius 1 is 1.47 bits per heavy atom. The van der Waals surface area contributed by atoms with Crippen LogP contribution < -0.4 is 0 Å². The number of nitrogens with zero attached hydrogens (tertiary/aromatic N) is 1. The smallest absolute Gasteiger partial charge is 0.267 e. The van der Waals surface area contributed by atoms with Crippen molar-refractivity contribution in [2.75, 3.05) is 13.1 Å². The Hall–Kier alpha value is -1.78. The van der Waals surface area contributed by atoms with E-state index in [1.807, 2.05) is 0 Å². The molecule has 102 valence electrons. The lowest BCUT2D eigenvalue weighted by Crippen LogP contribution is -2.32. The van der Waals surface area contributed by atoms with Gasteiger partial charge in [-0.1, -0.05) is 18.7 Å². The molecule has 0 atom stereocenters. The average molecular weight is 269 g/mol. The molecule has 1 fully saturated rings. The second kappa shape index (κ2) is 5.07. The molecule has 1 aromatic rings. The molecule has 0 aromatic heterocycles. The van der Waals surface area contributed by atoms with Gasteiger partial charge in [-0.3, -0.25) is 4.79 Å². The average Bonchev–Trinajstić information content (AvgIpc) is 2.72. The number of alkyl halides is 2. The van der Waals surface area contributed by atoms with Gasteiger partial charge in [0.05, 0.1) is 13.0 Å². The summed E-state index contributed by atoms with van der Waals surface area (Å²) in [7, 11) is 0. The minimum atomic E-state index is -2.82. The molecule has 1 aliphatic heterocycles. The van der Waals surface area contributed by atoms with Crippen LogP contribution in [0.4, 0.5) is 13.2 Å². The molecule has 1 amide bonds. The summed E-state index contributed by atoms with van der Waals surface area (Å²) in [5, 5.41) is 0. The van der Waals surface area contributed by atoms with Crippen molar-refractivity contribution in [2.24, 2.45) is 0 Å². The maximum absolute atomic E-state index is 13.6. The van der Waals surface area contributed by atoms with Crippen LogP contribution in [0.15, 0.2) is 24.8 Å². The van der Waals surface area contributed by atoms with Crippen molar-refractivity contribution in [1.82, 2.24) is 4.90 Å². The van der Waals surface area contributed by atoms with Crippen LogP contribution in [-0.4, -0.2) is 29.8 Å². The van der Waals surface area contributed by atoms with Crippen LogP contribution in [0, 0.1) is 5.82 Å². The van der Waals surface area contributed by atoms with Gasteiger partial charge in [0.1, 0.15) is 5.82 Å². The highest BCUT2D eigenvalue weighted by atomic mass is 19.3. The second-order valence-electron chi connectivity index (χ2n) is 4.65. The molecule has 0 radical (unpaired) electrons. The molecule has 1 aliphatic rings. The van der Waals surface area contributed by atoms with E-state index < -0.39 is 24.2 Å². The van der Waals surface area contributed by atoms with Crippen molar-refractivity contribution in [1.29, 1.82) is 0 Å². The largest absolute Gasteiger partial charge is 0.336 e. The van der Waals surface area contributed by atoms with Crippen molar-refractivity contribution in [3.05, 3.63) is 41.7 Å². The zero-order valence-electron chi connectivity index (χ0n) is 10.3. The number of rotatable bonds is 3. The number of halogens is 3. The number of amides is 1. The molecule has 0 N–H and O–H groups in total. The van der Waals surface area contributed by atoms with Crippen LogP contribution >= 0.6 is 0 Å². The molecule has 0 saturated carbocycles. The van der Waals surface area contributed by atoms with Gasteiger partial charge in [-0.15, -0.1) is 0 Å². The summed E-state index contributed by atoms with van der Waals surface area (Å²) < 4.78 is 39.6. The van der Waals surface area contributed by atoms with Gasteiger partial charge in [-0.05, 0) is 23.3 Å². The number of carbonyl (C=O) groups excluding carboxylic acids is 1. The molecule has 5 heteroatoms. The summed E-state index contributed by atoms with van der Waals surface area (Å²) >= 11 is 0. The Bertz CT molecular complexity index is 513. The molecule has 1 aromatic carbocycles. The topological polar surface area (TPSA) is 20.3 Å². The van der Waals surface area contributed by atoms with Crippen molar-refractivity contribution in [3.63, 3.8) is 0 Å². The molecular formula is C14H14F3NO. The Morgan fingerprint density at radius 2 is 2.21 bits per heavy atom. The van der Waals surface area contributed by atoms with E-state index in [0.717, 1.165) is 4.90 Å². The van der Waals surface area contributed by atoms with Crippen LogP contribution in [0.2, 0.25) is 0 Å². The second-order valence-corrected chi connectivity index (χ2v) is 4.65. The minimum absolute atomic E-state index is 0.0224. The van der Waals surface area contributed by atoms with E-state index in [0.29, 0.717) is 5.56 Å². The fraction of sp³-hybridized carbons (Fsp3) is 0.357. The van der Waals surface area contributed by atoms with E-state index in [9.17, 15) is 18.0 Å². The van der Waals surface area contributed by atoms with Crippen LogP contribution in [0.1, 0.15) is 17.5 Å². The van der Waals surface area contributed by atoms with Crippen molar-refractivity contribution >= 4 is 12.0 Å².